The van der Waals surface area contributed by atoms with Crippen molar-refractivity contribution in [2.75, 3.05) is 0 Å². The predicted octanol–water partition coefficient (Wildman–Crippen LogP) is 3.33. The molecule has 0 unspecified atom stereocenters. The molecule has 7 nitrogen and oxygen atoms in total. The van der Waals surface area contributed by atoms with Gasteiger partial charge in [0.1, 0.15) is 0 Å². The lowest BCUT2D eigenvalue weighted by Gasteiger charge is -2.13. The van der Waals surface area contributed by atoms with Gasteiger partial charge in [0.05, 0.1) is 12.2 Å². The Morgan fingerprint density at radius 1 is 0.970 bits per heavy atom. The minimum Gasteiger partial charge on any atom is -0.346 e. The molecule has 1 heterocycles. The molecule has 0 bridgehead atoms. The van der Waals surface area contributed by atoms with Gasteiger partial charge in [-0.05, 0) is 41.8 Å². The Morgan fingerprint density at radius 3 is 2.42 bits per heavy atom. The SMILES string of the molecule is Cc1cccc(-n2nc(C(=O)NCc3ccccc3)c(=O)n(Cc3ccccc3Cl)c2=O)c1. The molecule has 0 aliphatic rings. The topological polar surface area (TPSA) is 86.0 Å². The van der Waals surface area contributed by atoms with Gasteiger partial charge in [0.2, 0.25) is 5.69 Å². The van der Waals surface area contributed by atoms with Crippen molar-refractivity contribution < 1.29 is 4.79 Å². The molecule has 166 valence electrons. The zero-order valence-corrected chi connectivity index (χ0v) is 18.6. The number of hydrogen-bond donors (Lipinski definition) is 1. The van der Waals surface area contributed by atoms with Crippen LogP contribution in [0.2, 0.25) is 5.02 Å². The Hall–Kier alpha value is -3.97. The lowest BCUT2D eigenvalue weighted by atomic mass is 10.2. The first kappa shape index (κ1) is 22.2. The van der Waals surface area contributed by atoms with Crippen LogP contribution in [0.1, 0.15) is 27.2 Å². The van der Waals surface area contributed by atoms with Gasteiger partial charge in [0.25, 0.3) is 11.5 Å². The average molecular weight is 461 g/mol. The summed E-state index contributed by atoms with van der Waals surface area (Å²) in [5.74, 6) is -0.668. The van der Waals surface area contributed by atoms with Crippen LogP contribution in [0.3, 0.4) is 0 Å². The van der Waals surface area contributed by atoms with E-state index < -0.39 is 17.2 Å². The zero-order valence-electron chi connectivity index (χ0n) is 17.9. The number of aryl methyl sites for hydroxylation is 1. The second-order valence-corrected chi connectivity index (χ2v) is 7.94. The lowest BCUT2D eigenvalue weighted by Crippen LogP contribution is -2.46. The zero-order chi connectivity index (χ0) is 23.4. The van der Waals surface area contributed by atoms with Gasteiger partial charge in [0.15, 0.2) is 0 Å². The summed E-state index contributed by atoms with van der Waals surface area (Å²) in [5.41, 5.74) is 0.981. The van der Waals surface area contributed by atoms with Crippen molar-refractivity contribution in [2.24, 2.45) is 0 Å². The molecule has 0 fully saturated rings. The van der Waals surface area contributed by atoms with Crippen molar-refractivity contribution in [1.29, 1.82) is 0 Å². The van der Waals surface area contributed by atoms with Gasteiger partial charge in [-0.2, -0.15) is 9.78 Å². The highest BCUT2D eigenvalue weighted by Gasteiger charge is 2.21. The van der Waals surface area contributed by atoms with Crippen molar-refractivity contribution in [3.63, 3.8) is 0 Å². The summed E-state index contributed by atoms with van der Waals surface area (Å²) < 4.78 is 2.05. The number of carbonyl (C=O) groups excluding carboxylic acids is 1. The van der Waals surface area contributed by atoms with E-state index in [2.05, 4.69) is 10.4 Å². The van der Waals surface area contributed by atoms with Gasteiger partial charge >= 0.3 is 5.69 Å². The Morgan fingerprint density at radius 2 is 1.70 bits per heavy atom. The number of aromatic nitrogens is 3. The van der Waals surface area contributed by atoms with E-state index in [1.165, 1.54) is 0 Å². The van der Waals surface area contributed by atoms with Crippen LogP contribution in [0.5, 0.6) is 0 Å². The number of benzene rings is 3. The van der Waals surface area contributed by atoms with Crippen molar-refractivity contribution in [2.45, 2.75) is 20.0 Å². The summed E-state index contributed by atoms with van der Waals surface area (Å²) in [7, 11) is 0. The first-order chi connectivity index (χ1) is 15.9. The lowest BCUT2D eigenvalue weighted by molar-refractivity contribution is 0.0941. The maximum atomic E-state index is 13.3. The highest BCUT2D eigenvalue weighted by atomic mass is 35.5. The van der Waals surface area contributed by atoms with Crippen molar-refractivity contribution >= 4 is 17.5 Å². The molecule has 0 atom stereocenters. The van der Waals surface area contributed by atoms with Crippen molar-refractivity contribution in [3.8, 4) is 5.69 Å². The van der Waals surface area contributed by atoms with E-state index in [1.807, 2.05) is 43.3 Å². The molecular weight excluding hydrogens is 440 g/mol. The van der Waals surface area contributed by atoms with E-state index >= 15 is 0 Å². The summed E-state index contributed by atoms with van der Waals surface area (Å²) >= 11 is 6.26. The smallest absolute Gasteiger partial charge is 0.346 e. The molecule has 1 N–H and O–H groups in total. The Kier molecular flexibility index (Phi) is 6.51. The average Bonchev–Trinajstić information content (AvgIpc) is 2.82. The molecular formula is C25H21ClN4O3. The Bertz CT molecular complexity index is 1430. The van der Waals surface area contributed by atoms with Gasteiger partial charge in [-0.15, -0.1) is 0 Å². The molecule has 0 spiro atoms. The fourth-order valence-corrected chi connectivity index (χ4v) is 3.58. The molecule has 0 saturated heterocycles. The number of rotatable bonds is 6. The van der Waals surface area contributed by atoms with Gasteiger partial charge in [-0.1, -0.05) is 72.3 Å². The minimum absolute atomic E-state index is 0.0926. The summed E-state index contributed by atoms with van der Waals surface area (Å²) in [4.78, 5) is 39.4. The molecule has 1 amide bonds. The van der Waals surface area contributed by atoms with Gasteiger partial charge in [-0.25, -0.2) is 4.79 Å². The number of hydrogen-bond acceptors (Lipinski definition) is 4. The van der Waals surface area contributed by atoms with Crippen LogP contribution in [0.15, 0.2) is 88.5 Å². The molecule has 0 radical (unpaired) electrons. The maximum absolute atomic E-state index is 13.3. The van der Waals surface area contributed by atoms with Crippen LogP contribution in [-0.2, 0) is 13.1 Å². The van der Waals surface area contributed by atoms with Crippen LogP contribution in [0, 0.1) is 6.92 Å². The molecule has 0 aliphatic carbocycles. The molecule has 8 heteroatoms. The molecule has 33 heavy (non-hydrogen) atoms. The van der Waals surface area contributed by atoms with Crippen molar-refractivity contribution in [1.82, 2.24) is 19.7 Å². The Balaban J connectivity index is 1.80. The summed E-state index contributed by atoms with van der Waals surface area (Å²) in [6, 6.07) is 23.3. The van der Waals surface area contributed by atoms with Crippen LogP contribution in [0.4, 0.5) is 0 Å². The van der Waals surface area contributed by atoms with Crippen molar-refractivity contribution in [3.05, 3.63) is 127 Å². The number of carbonyl (C=O) groups is 1. The minimum atomic E-state index is -0.783. The van der Waals surface area contributed by atoms with E-state index in [4.69, 9.17) is 11.6 Å². The fraction of sp³-hybridized carbons (Fsp3) is 0.120. The third-order valence-electron chi connectivity index (χ3n) is 5.10. The second-order valence-electron chi connectivity index (χ2n) is 7.53. The Labute approximate surface area is 194 Å². The molecule has 4 aromatic rings. The van der Waals surface area contributed by atoms with Crippen LogP contribution < -0.4 is 16.6 Å². The highest BCUT2D eigenvalue weighted by molar-refractivity contribution is 6.31. The first-order valence-corrected chi connectivity index (χ1v) is 10.7. The molecule has 0 saturated carbocycles. The number of amides is 1. The third kappa shape index (κ3) is 4.94. The molecule has 0 aliphatic heterocycles. The normalized spacial score (nSPS) is 10.7. The first-order valence-electron chi connectivity index (χ1n) is 10.3. The van der Waals surface area contributed by atoms with Crippen LogP contribution >= 0.6 is 11.6 Å². The van der Waals surface area contributed by atoms with Gasteiger partial charge in [-0.3, -0.25) is 14.2 Å². The number of nitrogens with one attached hydrogen (secondary N) is 1. The number of nitrogens with zero attached hydrogens (tertiary/aromatic N) is 3. The summed E-state index contributed by atoms with van der Waals surface area (Å²) in [5, 5.41) is 7.27. The van der Waals surface area contributed by atoms with E-state index in [0.717, 1.165) is 20.4 Å². The molecule has 4 rings (SSSR count). The van der Waals surface area contributed by atoms with E-state index in [1.54, 1.807) is 42.5 Å². The van der Waals surface area contributed by atoms with Gasteiger partial charge in [0, 0.05) is 11.6 Å². The summed E-state index contributed by atoms with van der Waals surface area (Å²) in [6.07, 6.45) is 0. The van der Waals surface area contributed by atoms with E-state index in [-0.39, 0.29) is 18.8 Å². The maximum Gasteiger partial charge on any atom is 0.352 e. The monoisotopic (exact) mass is 460 g/mol. The summed E-state index contributed by atoms with van der Waals surface area (Å²) in [6.45, 7) is 2.00. The van der Waals surface area contributed by atoms with E-state index in [0.29, 0.717) is 16.3 Å². The highest BCUT2D eigenvalue weighted by Crippen LogP contribution is 2.15. The van der Waals surface area contributed by atoms with Crippen LogP contribution in [0.25, 0.3) is 5.69 Å². The number of halogens is 1. The third-order valence-corrected chi connectivity index (χ3v) is 5.47. The molecule has 3 aromatic carbocycles. The van der Waals surface area contributed by atoms with Crippen LogP contribution in [-0.4, -0.2) is 20.3 Å². The second kappa shape index (κ2) is 9.67. The molecule has 1 aromatic heterocycles. The standard InChI is InChI=1S/C25H21ClN4O3/c1-17-8-7-12-20(14-17)30-25(33)29(16-19-11-5-6-13-21(19)26)24(32)22(28-30)23(31)27-15-18-9-3-2-4-10-18/h2-14H,15-16H2,1H3,(H,27,31). The predicted molar refractivity (Wildman–Crippen MR) is 127 cm³/mol. The quantitative estimate of drug-likeness (QED) is 0.478. The largest absolute Gasteiger partial charge is 0.352 e. The van der Waals surface area contributed by atoms with Gasteiger partial charge < -0.3 is 5.32 Å². The van der Waals surface area contributed by atoms with E-state index in [9.17, 15) is 14.4 Å². The fourth-order valence-electron chi connectivity index (χ4n) is 3.38.